The Kier molecular flexibility index (Phi) is 6.57. The minimum Gasteiger partial charge on any atom is -0.508 e. The summed E-state index contributed by atoms with van der Waals surface area (Å²) in [5.41, 5.74) is 2.98. The van der Waals surface area contributed by atoms with E-state index in [0.29, 0.717) is 11.4 Å². The predicted octanol–water partition coefficient (Wildman–Crippen LogP) is 5.97. The molecule has 118 valence electrons. The Morgan fingerprint density at radius 2 is 1.32 bits per heavy atom. The predicted molar refractivity (Wildman–Crippen MR) is 90.6 cm³/mol. The van der Waals surface area contributed by atoms with Crippen LogP contribution in [-0.4, -0.2) is 10.2 Å². The average Bonchev–Trinajstić information content (AvgIpc) is 2.51. The van der Waals surface area contributed by atoms with Crippen molar-refractivity contribution in [2.45, 2.75) is 40.5 Å². The van der Waals surface area contributed by atoms with Crippen LogP contribution in [0.25, 0.3) is 0 Å². The van der Waals surface area contributed by atoms with Crippen LogP contribution in [0.2, 0.25) is 0 Å². The van der Waals surface area contributed by atoms with Gasteiger partial charge in [0.05, 0.1) is 11.4 Å². The maximum Gasteiger partial charge on any atom is 0.119 e. The molecule has 0 spiro atoms. The monoisotopic (exact) mass is 300 g/mol. The van der Waals surface area contributed by atoms with Crippen LogP contribution in [0.1, 0.15) is 44.7 Å². The van der Waals surface area contributed by atoms with E-state index in [1.165, 1.54) is 0 Å². The van der Waals surface area contributed by atoms with E-state index in [4.69, 9.17) is 0 Å². The molecule has 2 aromatic carbocycles. The summed E-state index contributed by atoms with van der Waals surface area (Å²) in [6.07, 6.45) is 0. The number of benzene rings is 2. The van der Waals surface area contributed by atoms with Crippen LogP contribution in [0.5, 0.6) is 11.5 Å². The maximum atomic E-state index is 9.76. The van der Waals surface area contributed by atoms with E-state index < -0.39 is 0 Å². The summed E-state index contributed by atoms with van der Waals surface area (Å²) < 4.78 is 0. The van der Waals surface area contributed by atoms with E-state index in [-0.39, 0.29) is 17.4 Å². The van der Waals surface area contributed by atoms with Crippen molar-refractivity contribution < 1.29 is 10.2 Å². The molecular weight excluding hydrogens is 276 g/mol. The summed E-state index contributed by atoms with van der Waals surface area (Å²) in [7, 11) is 0. The number of rotatable bonds is 3. The van der Waals surface area contributed by atoms with Crippen molar-refractivity contribution in [3.05, 3.63) is 47.5 Å². The van der Waals surface area contributed by atoms with Crippen LogP contribution in [0.4, 0.5) is 11.4 Å². The molecule has 22 heavy (non-hydrogen) atoms. The molecule has 0 radical (unpaired) electrons. The van der Waals surface area contributed by atoms with E-state index in [9.17, 15) is 10.2 Å². The third-order valence-electron chi connectivity index (χ3n) is 3.09. The third-order valence-corrected chi connectivity index (χ3v) is 3.09. The molecule has 4 heteroatoms. The summed E-state index contributed by atoms with van der Waals surface area (Å²) in [6, 6.07) is 10.2. The molecule has 0 aliphatic rings. The van der Waals surface area contributed by atoms with E-state index in [1.807, 2.05) is 40.7 Å². The van der Waals surface area contributed by atoms with Crippen LogP contribution in [-0.2, 0) is 0 Å². The van der Waals surface area contributed by atoms with Crippen molar-refractivity contribution in [2.75, 3.05) is 0 Å². The third kappa shape index (κ3) is 4.58. The second-order valence-corrected chi connectivity index (χ2v) is 5.07. The number of hydrogen-bond acceptors (Lipinski definition) is 4. The smallest absolute Gasteiger partial charge is 0.119 e. The van der Waals surface area contributed by atoms with Crippen molar-refractivity contribution in [3.63, 3.8) is 0 Å². The molecule has 2 rings (SSSR count). The molecule has 0 aliphatic carbocycles. The van der Waals surface area contributed by atoms with Gasteiger partial charge in [0.15, 0.2) is 0 Å². The second-order valence-electron chi connectivity index (χ2n) is 5.07. The summed E-state index contributed by atoms with van der Waals surface area (Å²) >= 11 is 0. The Morgan fingerprint density at radius 1 is 0.818 bits per heavy atom. The van der Waals surface area contributed by atoms with Crippen LogP contribution in [0.3, 0.4) is 0 Å². The molecule has 0 heterocycles. The summed E-state index contributed by atoms with van der Waals surface area (Å²) in [4.78, 5) is 0. The fraction of sp³-hybridized carbons (Fsp3) is 0.333. The number of azo groups is 1. The first kappa shape index (κ1) is 17.7. The van der Waals surface area contributed by atoms with Gasteiger partial charge in [-0.25, -0.2) is 0 Å². The Hall–Kier alpha value is -2.36. The number of hydrogen-bond donors (Lipinski definition) is 2. The molecule has 2 N–H and O–H groups in total. The summed E-state index contributed by atoms with van der Waals surface area (Å²) in [5, 5.41) is 27.5. The average molecular weight is 300 g/mol. The lowest BCUT2D eigenvalue weighted by Gasteiger charge is -2.08. The molecule has 0 aliphatic heterocycles. The van der Waals surface area contributed by atoms with E-state index >= 15 is 0 Å². The normalized spacial score (nSPS) is 10.6. The highest BCUT2D eigenvalue weighted by Crippen LogP contribution is 2.30. The minimum atomic E-state index is 0.223. The van der Waals surface area contributed by atoms with Gasteiger partial charge in [0.2, 0.25) is 0 Å². The van der Waals surface area contributed by atoms with Gasteiger partial charge < -0.3 is 10.2 Å². The molecule has 0 fully saturated rings. The largest absolute Gasteiger partial charge is 0.508 e. The molecule has 0 saturated carbocycles. The van der Waals surface area contributed by atoms with Gasteiger partial charge in [-0.1, -0.05) is 27.7 Å². The zero-order valence-electron chi connectivity index (χ0n) is 13.8. The highest BCUT2D eigenvalue weighted by molar-refractivity contribution is 5.49. The molecule has 0 bridgehead atoms. The SMILES string of the molecule is CC.Cc1cc(N=Nc2ccc(O)c(C(C)C)c2)ccc1O. The second kappa shape index (κ2) is 8.17. The molecule has 0 unspecified atom stereocenters. The summed E-state index contributed by atoms with van der Waals surface area (Å²) in [5.74, 6) is 0.746. The van der Waals surface area contributed by atoms with Crippen LogP contribution < -0.4 is 0 Å². The van der Waals surface area contributed by atoms with Crippen molar-refractivity contribution in [1.82, 2.24) is 0 Å². The number of aromatic hydroxyl groups is 2. The minimum absolute atomic E-state index is 0.223. The van der Waals surface area contributed by atoms with Gasteiger partial charge in [-0.15, -0.1) is 0 Å². The number of aryl methyl sites for hydroxylation is 1. The van der Waals surface area contributed by atoms with E-state index in [2.05, 4.69) is 10.2 Å². The fourth-order valence-corrected chi connectivity index (χ4v) is 1.88. The molecule has 0 aromatic heterocycles. The first-order valence-corrected chi connectivity index (χ1v) is 7.51. The lowest BCUT2D eigenvalue weighted by molar-refractivity contribution is 0.465. The van der Waals surface area contributed by atoms with Gasteiger partial charge in [-0.05, 0) is 60.4 Å². The van der Waals surface area contributed by atoms with Gasteiger partial charge in [0, 0.05) is 0 Å². The first-order chi connectivity index (χ1) is 10.5. The van der Waals surface area contributed by atoms with Crippen molar-refractivity contribution in [1.29, 1.82) is 0 Å². The Bertz CT molecular complexity index is 650. The molecule has 0 atom stereocenters. The van der Waals surface area contributed by atoms with E-state index in [1.54, 1.807) is 30.3 Å². The Morgan fingerprint density at radius 3 is 1.82 bits per heavy atom. The lowest BCUT2D eigenvalue weighted by Crippen LogP contribution is -1.86. The van der Waals surface area contributed by atoms with Gasteiger partial charge in [0.1, 0.15) is 11.5 Å². The fourth-order valence-electron chi connectivity index (χ4n) is 1.88. The van der Waals surface area contributed by atoms with E-state index in [0.717, 1.165) is 11.1 Å². The highest BCUT2D eigenvalue weighted by atomic mass is 16.3. The molecule has 0 saturated heterocycles. The summed E-state index contributed by atoms with van der Waals surface area (Å²) in [6.45, 7) is 9.84. The van der Waals surface area contributed by atoms with Gasteiger partial charge in [0.25, 0.3) is 0 Å². The van der Waals surface area contributed by atoms with Crippen LogP contribution >= 0.6 is 0 Å². The topological polar surface area (TPSA) is 65.2 Å². The first-order valence-electron chi connectivity index (χ1n) is 7.51. The number of phenolic OH excluding ortho intramolecular Hbond substituents is 2. The molecule has 2 aromatic rings. The van der Waals surface area contributed by atoms with Crippen molar-refractivity contribution in [2.24, 2.45) is 10.2 Å². The standard InChI is InChI=1S/C16H18N2O2.C2H6/c1-10(2)14-9-13(5-7-16(14)20)18-17-12-4-6-15(19)11(3)8-12;1-2/h4-10,19-20H,1-3H3;1-2H3. The zero-order valence-corrected chi connectivity index (χ0v) is 13.8. The lowest BCUT2D eigenvalue weighted by atomic mass is 10.0. The molecule has 0 amide bonds. The Balaban J connectivity index is 0.00000116. The molecular formula is C18H24N2O2. The quantitative estimate of drug-likeness (QED) is 0.686. The van der Waals surface area contributed by atoms with Gasteiger partial charge in [-0.3, -0.25) is 0 Å². The zero-order chi connectivity index (χ0) is 16.7. The van der Waals surface area contributed by atoms with Crippen LogP contribution in [0.15, 0.2) is 46.6 Å². The molecule has 4 nitrogen and oxygen atoms in total. The maximum absolute atomic E-state index is 9.76. The Labute approximate surface area is 132 Å². The van der Waals surface area contributed by atoms with Crippen LogP contribution in [0, 0.1) is 6.92 Å². The number of nitrogens with zero attached hydrogens (tertiary/aromatic N) is 2. The van der Waals surface area contributed by atoms with Crippen molar-refractivity contribution in [3.8, 4) is 11.5 Å². The van der Waals surface area contributed by atoms with Crippen molar-refractivity contribution >= 4 is 11.4 Å². The highest BCUT2D eigenvalue weighted by Gasteiger charge is 2.06. The van der Waals surface area contributed by atoms with Gasteiger partial charge >= 0.3 is 0 Å². The van der Waals surface area contributed by atoms with Gasteiger partial charge in [-0.2, -0.15) is 10.2 Å². The number of phenols is 2.